The fourth-order valence-corrected chi connectivity index (χ4v) is 3.73. The summed E-state index contributed by atoms with van der Waals surface area (Å²) in [7, 11) is 0. The molecular weight excluding hydrogens is 402 g/mol. The quantitative estimate of drug-likeness (QED) is 0.410. The lowest BCUT2D eigenvalue weighted by Crippen LogP contribution is -2.38. The molecule has 7 heteroatoms. The van der Waals surface area contributed by atoms with Crippen LogP contribution in [0.2, 0.25) is 0 Å². The molecule has 0 spiro atoms. The summed E-state index contributed by atoms with van der Waals surface area (Å²) in [5, 5.41) is 6.74. The van der Waals surface area contributed by atoms with Crippen LogP contribution in [0.5, 0.6) is 11.5 Å². The maximum absolute atomic E-state index is 5.73. The summed E-state index contributed by atoms with van der Waals surface area (Å²) in [5.74, 6) is 3.48. The van der Waals surface area contributed by atoms with Gasteiger partial charge in [0.1, 0.15) is 5.82 Å². The molecule has 1 aromatic carbocycles. The summed E-state index contributed by atoms with van der Waals surface area (Å²) in [6, 6.07) is 10.4. The van der Waals surface area contributed by atoms with Crippen molar-refractivity contribution in [3.63, 3.8) is 0 Å². The molecule has 1 aromatic heterocycles. The summed E-state index contributed by atoms with van der Waals surface area (Å²) in [4.78, 5) is 11.7. The predicted molar refractivity (Wildman–Crippen MR) is 131 cm³/mol. The highest BCUT2D eigenvalue weighted by atomic mass is 16.5. The van der Waals surface area contributed by atoms with Crippen molar-refractivity contribution in [2.75, 3.05) is 44.3 Å². The molecule has 0 atom stereocenters. The molecule has 0 unspecified atom stereocenters. The first-order chi connectivity index (χ1) is 15.7. The minimum atomic E-state index is 0.597. The van der Waals surface area contributed by atoms with Crippen LogP contribution in [-0.2, 0) is 13.0 Å². The molecule has 32 heavy (non-hydrogen) atoms. The molecule has 0 bridgehead atoms. The Kier molecular flexibility index (Phi) is 9.47. The van der Waals surface area contributed by atoms with Gasteiger partial charge in [0.15, 0.2) is 17.5 Å². The van der Waals surface area contributed by atoms with E-state index in [-0.39, 0.29) is 0 Å². The van der Waals surface area contributed by atoms with Crippen LogP contribution in [-0.4, -0.2) is 50.3 Å². The van der Waals surface area contributed by atoms with E-state index in [0.29, 0.717) is 19.8 Å². The predicted octanol–water partition coefficient (Wildman–Crippen LogP) is 3.78. The van der Waals surface area contributed by atoms with Gasteiger partial charge in [0.05, 0.1) is 19.8 Å². The van der Waals surface area contributed by atoms with E-state index < -0.39 is 0 Å². The maximum Gasteiger partial charge on any atom is 0.191 e. The van der Waals surface area contributed by atoms with Crippen molar-refractivity contribution < 1.29 is 9.47 Å². The SMILES string of the molecule is CCNC(=NCc1ccc(N2CCCC2)nc1)NCCc1ccc(OCC)c(OCC)c1. The molecule has 174 valence electrons. The fraction of sp³-hybridized carbons (Fsp3) is 0.520. The van der Waals surface area contributed by atoms with Crippen LogP contribution < -0.4 is 25.0 Å². The second-order valence-corrected chi connectivity index (χ2v) is 7.74. The lowest BCUT2D eigenvalue weighted by molar-refractivity contribution is 0.287. The highest BCUT2D eigenvalue weighted by molar-refractivity contribution is 5.79. The number of aromatic nitrogens is 1. The molecule has 2 N–H and O–H groups in total. The summed E-state index contributed by atoms with van der Waals surface area (Å²) in [6.07, 6.45) is 5.32. The highest BCUT2D eigenvalue weighted by Crippen LogP contribution is 2.28. The first-order valence-corrected chi connectivity index (χ1v) is 11.8. The summed E-state index contributed by atoms with van der Waals surface area (Å²) >= 11 is 0. The molecule has 1 saturated heterocycles. The number of hydrogen-bond acceptors (Lipinski definition) is 5. The van der Waals surface area contributed by atoms with Gasteiger partial charge < -0.3 is 25.0 Å². The number of rotatable bonds is 11. The molecule has 1 aliphatic rings. The molecule has 2 heterocycles. The molecular formula is C25H37N5O2. The largest absolute Gasteiger partial charge is 0.490 e. The van der Waals surface area contributed by atoms with Gasteiger partial charge in [-0.05, 0) is 69.4 Å². The number of benzene rings is 1. The van der Waals surface area contributed by atoms with Gasteiger partial charge in [-0.1, -0.05) is 12.1 Å². The van der Waals surface area contributed by atoms with E-state index in [1.54, 1.807) is 0 Å². The van der Waals surface area contributed by atoms with Crippen LogP contribution in [0.4, 0.5) is 5.82 Å². The van der Waals surface area contributed by atoms with Crippen molar-refractivity contribution in [2.24, 2.45) is 4.99 Å². The fourth-order valence-electron chi connectivity index (χ4n) is 3.73. The molecule has 3 rings (SSSR count). The monoisotopic (exact) mass is 439 g/mol. The second-order valence-electron chi connectivity index (χ2n) is 7.74. The number of hydrogen-bond donors (Lipinski definition) is 2. The molecule has 7 nitrogen and oxygen atoms in total. The number of nitrogens with one attached hydrogen (secondary N) is 2. The van der Waals surface area contributed by atoms with Crippen LogP contribution in [0.1, 0.15) is 44.7 Å². The van der Waals surface area contributed by atoms with E-state index in [0.717, 1.165) is 61.4 Å². The number of anilines is 1. The third-order valence-electron chi connectivity index (χ3n) is 5.32. The number of ether oxygens (including phenoxy) is 2. The van der Waals surface area contributed by atoms with Crippen molar-refractivity contribution in [3.8, 4) is 11.5 Å². The van der Waals surface area contributed by atoms with Crippen LogP contribution >= 0.6 is 0 Å². The Bertz CT molecular complexity index is 848. The molecule has 0 radical (unpaired) electrons. The van der Waals surface area contributed by atoms with Crippen molar-refractivity contribution >= 4 is 11.8 Å². The average molecular weight is 440 g/mol. The van der Waals surface area contributed by atoms with Crippen molar-refractivity contribution in [2.45, 2.75) is 46.6 Å². The molecule has 1 fully saturated rings. The van der Waals surface area contributed by atoms with E-state index in [9.17, 15) is 0 Å². The number of guanidine groups is 1. The summed E-state index contributed by atoms with van der Waals surface area (Å²) in [5.41, 5.74) is 2.31. The van der Waals surface area contributed by atoms with E-state index >= 15 is 0 Å². The van der Waals surface area contributed by atoms with Crippen LogP contribution in [0, 0.1) is 0 Å². The third-order valence-corrected chi connectivity index (χ3v) is 5.32. The Hall–Kier alpha value is -2.96. The minimum absolute atomic E-state index is 0.597. The number of aliphatic imine (C=N–C) groups is 1. The van der Waals surface area contributed by atoms with Gasteiger partial charge in [-0.15, -0.1) is 0 Å². The van der Waals surface area contributed by atoms with Crippen molar-refractivity contribution in [3.05, 3.63) is 47.7 Å². The van der Waals surface area contributed by atoms with E-state index in [1.165, 1.54) is 18.4 Å². The summed E-state index contributed by atoms with van der Waals surface area (Å²) in [6.45, 7) is 11.7. The molecule has 1 aliphatic heterocycles. The van der Waals surface area contributed by atoms with Gasteiger partial charge in [-0.25, -0.2) is 9.98 Å². The van der Waals surface area contributed by atoms with Gasteiger partial charge >= 0.3 is 0 Å². The minimum Gasteiger partial charge on any atom is -0.490 e. The number of nitrogens with zero attached hydrogens (tertiary/aromatic N) is 3. The molecule has 0 amide bonds. The average Bonchev–Trinajstić information content (AvgIpc) is 3.35. The zero-order valence-electron chi connectivity index (χ0n) is 19.7. The van der Waals surface area contributed by atoms with E-state index in [1.807, 2.05) is 26.1 Å². The standard InChI is InChI=1S/C25H37N5O2/c1-4-26-25(29-19-21-10-12-24(28-18-21)30-15-7-8-16-30)27-14-13-20-9-11-22(31-5-2)23(17-20)32-6-3/h9-12,17-18H,4-8,13-16,19H2,1-3H3,(H2,26,27,29). The Labute approximate surface area is 192 Å². The number of pyridine rings is 1. The Balaban J connectivity index is 1.53. The smallest absolute Gasteiger partial charge is 0.191 e. The van der Waals surface area contributed by atoms with Crippen LogP contribution in [0.25, 0.3) is 0 Å². The van der Waals surface area contributed by atoms with Gasteiger partial charge in [0, 0.05) is 32.4 Å². The van der Waals surface area contributed by atoms with Gasteiger partial charge in [-0.2, -0.15) is 0 Å². The Morgan fingerprint density at radius 2 is 1.72 bits per heavy atom. The Morgan fingerprint density at radius 3 is 2.41 bits per heavy atom. The van der Waals surface area contributed by atoms with Crippen molar-refractivity contribution in [1.29, 1.82) is 0 Å². The van der Waals surface area contributed by atoms with Crippen LogP contribution in [0.15, 0.2) is 41.5 Å². The normalized spacial score (nSPS) is 13.8. The molecule has 0 aliphatic carbocycles. The topological polar surface area (TPSA) is 71.0 Å². The third kappa shape index (κ3) is 7.04. The highest BCUT2D eigenvalue weighted by Gasteiger charge is 2.13. The zero-order chi connectivity index (χ0) is 22.6. The van der Waals surface area contributed by atoms with Gasteiger partial charge in [0.2, 0.25) is 0 Å². The van der Waals surface area contributed by atoms with Gasteiger partial charge in [0.25, 0.3) is 0 Å². The Morgan fingerprint density at radius 1 is 0.969 bits per heavy atom. The van der Waals surface area contributed by atoms with Gasteiger partial charge in [-0.3, -0.25) is 0 Å². The van der Waals surface area contributed by atoms with Crippen LogP contribution in [0.3, 0.4) is 0 Å². The lowest BCUT2D eigenvalue weighted by Gasteiger charge is -2.16. The summed E-state index contributed by atoms with van der Waals surface area (Å²) < 4.78 is 11.4. The lowest BCUT2D eigenvalue weighted by atomic mass is 10.1. The van der Waals surface area contributed by atoms with Crippen molar-refractivity contribution in [1.82, 2.24) is 15.6 Å². The van der Waals surface area contributed by atoms with E-state index in [4.69, 9.17) is 14.5 Å². The molecule has 2 aromatic rings. The van der Waals surface area contributed by atoms with E-state index in [2.05, 4.69) is 51.7 Å². The first kappa shape index (κ1) is 23.7. The zero-order valence-corrected chi connectivity index (χ0v) is 19.7. The first-order valence-electron chi connectivity index (χ1n) is 11.8. The second kappa shape index (κ2) is 12.8. The molecule has 0 saturated carbocycles. The maximum atomic E-state index is 5.73.